The molecule has 2 aromatic carbocycles. The maximum absolute atomic E-state index is 6.65. The van der Waals surface area contributed by atoms with Gasteiger partial charge in [-0.25, -0.2) is 0 Å². The van der Waals surface area contributed by atoms with E-state index in [1.54, 1.807) is 26.0 Å². The number of nitrogens with one attached hydrogen (secondary N) is 1. The van der Waals surface area contributed by atoms with E-state index >= 15 is 0 Å². The molecule has 1 N–H and O–H groups in total. The molecule has 0 radical (unpaired) electrons. The molecule has 3 nitrogen and oxygen atoms in total. The first-order chi connectivity index (χ1) is 11.7. The summed E-state index contributed by atoms with van der Waals surface area (Å²) in [7, 11) is 3.28. The number of fused-ring (bicyclic) bond motifs is 1. The molecule has 0 saturated heterocycles. The molecule has 5 heteroatoms. The van der Waals surface area contributed by atoms with E-state index in [-0.39, 0.29) is 5.92 Å². The lowest BCUT2D eigenvalue weighted by molar-refractivity contribution is 0.354. The van der Waals surface area contributed by atoms with E-state index in [0.29, 0.717) is 16.5 Å². The third kappa shape index (κ3) is 3.23. The number of ether oxygens (including phenoxy) is 2. The highest BCUT2D eigenvalue weighted by atomic mass is 35.5. The fourth-order valence-electron chi connectivity index (χ4n) is 3.28. The highest BCUT2D eigenvalue weighted by molar-refractivity contribution is 7.98. The van der Waals surface area contributed by atoms with Crippen molar-refractivity contribution in [3.63, 3.8) is 0 Å². The van der Waals surface area contributed by atoms with Gasteiger partial charge in [-0.3, -0.25) is 0 Å². The van der Waals surface area contributed by atoms with Crippen molar-refractivity contribution in [3.8, 4) is 11.5 Å². The Morgan fingerprint density at radius 1 is 1.17 bits per heavy atom. The van der Waals surface area contributed by atoms with Gasteiger partial charge >= 0.3 is 0 Å². The number of hydrogen-bond donors (Lipinski definition) is 1. The largest absolute Gasteiger partial charge is 0.493 e. The first-order valence-corrected chi connectivity index (χ1v) is 9.57. The van der Waals surface area contributed by atoms with Crippen molar-refractivity contribution in [1.29, 1.82) is 0 Å². The predicted octanol–water partition coefficient (Wildman–Crippen LogP) is 4.36. The lowest BCUT2D eigenvalue weighted by Gasteiger charge is -2.22. The summed E-state index contributed by atoms with van der Waals surface area (Å²) in [5, 5.41) is 4.20. The Morgan fingerprint density at radius 3 is 2.54 bits per heavy atom. The molecule has 0 aromatic heterocycles. The quantitative estimate of drug-likeness (QED) is 0.818. The van der Waals surface area contributed by atoms with Crippen molar-refractivity contribution in [2.24, 2.45) is 0 Å². The summed E-state index contributed by atoms with van der Waals surface area (Å²) in [5.74, 6) is 1.56. The number of rotatable bonds is 4. The van der Waals surface area contributed by atoms with E-state index in [4.69, 9.17) is 21.1 Å². The van der Waals surface area contributed by atoms with Gasteiger partial charge in [-0.05, 0) is 54.1 Å². The average molecular weight is 364 g/mol. The Kier molecular flexibility index (Phi) is 5.59. The second kappa shape index (κ2) is 7.68. The summed E-state index contributed by atoms with van der Waals surface area (Å²) in [4.78, 5) is 1.27. The molecule has 1 heterocycles. The van der Waals surface area contributed by atoms with Gasteiger partial charge in [0.1, 0.15) is 0 Å². The van der Waals surface area contributed by atoms with Gasteiger partial charge in [0.15, 0.2) is 11.5 Å². The summed E-state index contributed by atoms with van der Waals surface area (Å²) in [6, 6.07) is 10.8. The molecule has 0 saturated carbocycles. The third-order valence-electron chi connectivity index (χ3n) is 4.54. The van der Waals surface area contributed by atoms with Crippen LogP contribution < -0.4 is 14.8 Å². The summed E-state index contributed by atoms with van der Waals surface area (Å²) in [6.45, 7) is 1.79. The third-order valence-corrected chi connectivity index (χ3v) is 5.68. The number of hydrogen-bond acceptors (Lipinski definition) is 4. The maximum atomic E-state index is 6.65. The van der Waals surface area contributed by atoms with E-state index in [1.165, 1.54) is 16.0 Å². The summed E-state index contributed by atoms with van der Waals surface area (Å²) in [6.07, 6.45) is 2.97. The Balaban J connectivity index is 2.12. The van der Waals surface area contributed by atoms with E-state index < -0.39 is 0 Å². The van der Waals surface area contributed by atoms with Crippen LogP contribution in [0.4, 0.5) is 0 Å². The van der Waals surface area contributed by atoms with Crippen molar-refractivity contribution in [2.75, 3.05) is 33.6 Å². The lowest BCUT2D eigenvalue weighted by Crippen LogP contribution is -2.20. The lowest BCUT2D eigenvalue weighted by atomic mass is 9.87. The molecule has 1 atom stereocenters. The van der Waals surface area contributed by atoms with Crippen molar-refractivity contribution in [2.45, 2.75) is 17.2 Å². The Morgan fingerprint density at radius 2 is 1.92 bits per heavy atom. The molecular weight excluding hydrogens is 342 g/mol. The molecular formula is C19H22ClNO2S. The Hall–Kier alpha value is -1.36. The van der Waals surface area contributed by atoms with E-state index in [2.05, 4.69) is 41.9 Å². The van der Waals surface area contributed by atoms with Crippen LogP contribution in [0.2, 0.25) is 5.02 Å². The van der Waals surface area contributed by atoms with Gasteiger partial charge in [-0.2, -0.15) is 0 Å². The second-order valence-electron chi connectivity index (χ2n) is 5.77. The number of thioether (sulfide) groups is 1. The number of halogens is 1. The molecule has 0 spiro atoms. The topological polar surface area (TPSA) is 30.5 Å². The van der Waals surface area contributed by atoms with Crippen LogP contribution >= 0.6 is 23.4 Å². The summed E-state index contributed by atoms with van der Waals surface area (Å²) >= 11 is 8.40. The predicted molar refractivity (Wildman–Crippen MR) is 101 cm³/mol. The molecule has 0 amide bonds. The van der Waals surface area contributed by atoms with Crippen molar-refractivity contribution in [3.05, 3.63) is 52.0 Å². The Bertz CT molecular complexity index is 718. The van der Waals surface area contributed by atoms with E-state index in [1.807, 2.05) is 0 Å². The highest BCUT2D eigenvalue weighted by Gasteiger charge is 2.26. The zero-order valence-corrected chi connectivity index (χ0v) is 15.8. The van der Waals surface area contributed by atoms with Crippen LogP contribution in [-0.4, -0.2) is 33.6 Å². The molecule has 0 aliphatic carbocycles. The van der Waals surface area contributed by atoms with Crippen molar-refractivity contribution < 1.29 is 9.47 Å². The highest BCUT2D eigenvalue weighted by Crippen LogP contribution is 2.44. The van der Waals surface area contributed by atoms with Crippen LogP contribution in [0.25, 0.3) is 0 Å². The minimum atomic E-state index is 0.246. The van der Waals surface area contributed by atoms with Crippen LogP contribution in [-0.2, 0) is 6.42 Å². The smallest absolute Gasteiger partial charge is 0.179 e. The monoisotopic (exact) mass is 363 g/mol. The molecule has 24 heavy (non-hydrogen) atoms. The van der Waals surface area contributed by atoms with Gasteiger partial charge in [0.05, 0.1) is 19.2 Å². The minimum Gasteiger partial charge on any atom is -0.493 e. The van der Waals surface area contributed by atoms with Crippen LogP contribution in [0.5, 0.6) is 11.5 Å². The standard InChI is InChI=1S/C19H22ClNO2S/c1-22-17-10-15-14(18(20)19(17)23-2)8-9-21-11-16(15)12-4-6-13(24-3)7-5-12/h4-7,10,16,21H,8-9,11H2,1-3H3. The van der Waals surface area contributed by atoms with E-state index in [9.17, 15) is 0 Å². The normalized spacial score (nSPS) is 17.1. The number of methoxy groups -OCH3 is 2. The van der Waals surface area contributed by atoms with Gasteiger partial charge in [0.2, 0.25) is 0 Å². The summed E-state index contributed by atoms with van der Waals surface area (Å²) < 4.78 is 11.0. The fraction of sp³-hybridized carbons (Fsp3) is 0.368. The van der Waals surface area contributed by atoms with E-state index in [0.717, 1.165) is 25.1 Å². The average Bonchev–Trinajstić information content (AvgIpc) is 2.84. The zero-order valence-electron chi connectivity index (χ0n) is 14.2. The van der Waals surface area contributed by atoms with Gasteiger partial charge in [-0.15, -0.1) is 11.8 Å². The van der Waals surface area contributed by atoms with Gasteiger partial charge < -0.3 is 14.8 Å². The zero-order chi connectivity index (χ0) is 17.1. The van der Waals surface area contributed by atoms with Crippen LogP contribution in [0.1, 0.15) is 22.6 Å². The van der Waals surface area contributed by atoms with Gasteiger partial charge in [-0.1, -0.05) is 23.7 Å². The second-order valence-corrected chi connectivity index (χ2v) is 7.03. The molecule has 1 unspecified atom stereocenters. The van der Waals surface area contributed by atoms with Crippen LogP contribution in [0.15, 0.2) is 35.2 Å². The van der Waals surface area contributed by atoms with Gasteiger partial charge in [0, 0.05) is 17.4 Å². The van der Waals surface area contributed by atoms with Crippen LogP contribution in [0.3, 0.4) is 0 Å². The summed E-state index contributed by atoms with van der Waals surface area (Å²) in [5.41, 5.74) is 3.66. The molecule has 1 aliphatic heterocycles. The molecule has 0 fully saturated rings. The number of benzene rings is 2. The molecule has 2 aromatic rings. The molecule has 3 rings (SSSR count). The fourth-order valence-corrected chi connectivity index (χ4v) is 4.06. The minimum absolute atomic E-state index is 0.246. The maximum Gasteiger partial charge on any atom is 0.179 e. The van der Waals surface area contributed by atoms with Gasteiger partial charge in [0.25, 0.3) is 0 Å². The molecule has 128 valence electrons. The first kappa shape index (κ1) is 17.5. The van der Waals surface area contributed by atoms with Crippen LogP contribution in [0, 0.1) is 0 Å². The molecule has 1 aliphatic rings. The van der Waals surface area contributed by atoms with Crippen molar-refractivity contribution >= 4 is 23.4 Å². The SMILES string of the molecule is COc1cc2c(c(Cl)c1OC)CCNCC2c1ccc(SC)cc1. The first-order valence-electron chi connectivity index (χ1n) is 7.97. The Labute approximate surface area is 152 Å². The van der Waals surface area contributed by atoms with Crippen molar-refractivity contribution in [1.82, 2.24) is 5.32 Å². The molecule has 0 bridgehead atoms.